The largest absolute Gasteiger partial charge is 0.496 e. The van der Waals surface area contributed by atoms with Crippen LogP contribution < -0.4 is 19.8 Å². The minimum Gasteiger partial charge on any atom is -0.496 e. The van der Waals surface area contributed by atoms with Gasteiger partial charge in [-0.2, -0.15) is 0 Å². The molecule has 0 unspecified atom stereocenters. The summed E-state index contributed by atoms with van der Waals surface area (Å²) >= 11 is 0. The summed E-state index contributed by atoms with van der Waals surface area (Å²) in [5.41, 5.74) is 1.87. The molecule has 2 aromatic heterocycles. The fraction of sp³-hybridized carbons (Fsp3) is 0.261. The standard InChI is InChI=1S/C23H24N2O6/c1-5-6-16-17(24-21-10-8-15(23(27)28)13-25(21)22(16)26)9-7-14-11-19(30-3)20(31-4)12-18(14)29-2/h7-13H,5-6H2,1-4H3,(H,27,28)/b9-7+. The first-order chi connectivity index (χ1) is 14.9. The second-order valence-electron chi connectivity index (χ2n) is 6.76. The van der Waals surface area contributed by atoms with Crippen molar-refractivity contribution in [2.45, 2.75) is 19.8 Å². The quantitative estimate of drug-likeness (QED) is 0.590. The zero-order valence-corrected chi connectivity index (χ0v) is 17.8. The van der Waals surface area contributed by atoms with Crippen LogP contribution in [0.25, 0.3) is 17.8 Å². The van der Waals surface area contributed by atoms with Crippen LogP contribution in [0.4, 0.5) is 0 Å². The molecule has 0 saturated heterocycles. The number of aromatic nitrogens is 2. The third-order valence-corrected chi connectivity index (χ3v) is 4.85. The molecule has 1 aromatic carbocycles. The van der Waals surface area contributed by atoms with Gasteiger partial charge in [-0.05, 0) is 36.8 Å². The molecule has 31 heavy (non-hydrogen) atoms. The SMILES string of the molecule is CCCc1c(/C=C/c2cc(OC)c(OC)cc2OC)nc2ccc(C(=O)O)cn2c1=O. The number of hydrogen-bond acceptors (Lipinski definition) is 6. The predicted molar refractivity (Wildman–Crippen MR) is 117 cm³/mol. The van der Waals surface area contributed by atoms with E-state index in [1.165, 1.54) is 22.7 Å². The topological polar surface area (TPSA) is 99.4 Å². The molecule has 0 atom stereocenters. The van der Waals surface area contributed by atoms with Crippen LogP contribution >= 0.6 is 0 Å². The Kier molecular flexibility index (Phi) is 6.59. The van der Waals surface area contributed by atoms with Crippen molar-refractivity contribution in [3.05, 3.63) is 63.2 Å². The van der Waals surface area contributed by atoms with E-state index in [1.54, 1.807) is 45.6 Å². The van der Waals surface area contributed by atoms with Crippen molar-refractivity contribution < 1.29 is 24.1 Å². The molecule has 0 aliphatic carbocycles. The van der Waals surface area contributed by atoms with Gasteiger partial charge in [0.25, 0.3) is 5.56 Å². The van der Waals surface area contributed by atoms with E-state index < -0.39 is 5.97 Å². The zero-order chi connectivity index (χ0) is 22.5. The van der Waals surface area contributed by atoms with Gasteiger partial charge in [0.1, 0.15) is 11.4 Å². The highest BCUT2D eigenvalue weighted by molar-refractivity contribution is 5.87. The highest BCUT2D eigenvalue weighted by atomic mass is 16.5. The van der Waals surface area contributed by atoms with E-state index in [4.69, 9.17) is 14.2 Å². The predicted octanol–water partition coefficient (Wildman–Crippen LogP) is 3.54. The van der Waals surface area contributed by atoms with Crippen LogP contribution in [0.3, 0.4) is 0 Å². The van der Waals surface area contributed by atoms with Crippen LogP contribution in [0, 0.1) is 0 Å². The van der Waals surface area contributed by atoms with Gasteiger partial charge < -0.3 is 19.3 Å². The third-order valence-electron chi connectivity index (χ3n) is 4.85. The fourth-order valence-corrected chi connectivity index (χ4v) is 3.29. The Labute approximate surface area is 179 Å². The number of pyridine rings is 1. The molecular formula is C23H24N2O6. The van der Waals surface area contributed by atoms with Gasteiger partial charge >= 0.3 is 5.97 Å². The first-order valence-electron chi connectivity index (χ1n) is 9.70. The number of fused-ring (bicyclic) bond motifs is 1. The lowest BCUT2D eigenvalue weighted by Gasteiger charge is -2.12. The Bertz CT molecular complexity index is 1210. The molecule has 8 heteroatoms. The van der Waals surface area contributed by atoms with Crippen LogP contribution in [0.1, 0.15) is 40.5 Å². The average Bonchev–Trinajstić information content (AvgIpc) is 2.78. The molecule has 2 heterocycles. The second kappa shape index (κ2) is 9.34. The molecule has 3 aromatic rings. The first-order valence-corrected chi connectivity index (χ1v) is 9.70. The molecule has 162 valence electrons. The lowest BCUT2D eigenvalue weighted by atomic mass is 10.1. The van der Waals surface area contributed by atoms with Crippen molar-refractivity contribution in [2.75, 3.05) is 21.3 Å². The minimum atomic E-state index is -1.10. The van der Waals surface area contributed by atoms with Crippen molar-refractivity contribution in [1.82, 2.24) is 9.38 Å². The number of nitrogens with zero attached hydrogens (tertiary/aromatic N) is 2. The molecule has 0 radical (unpaired) electrons. The Morgan fingerprint density at radius 2 is 1.74 bits per heavy atom. The van der Waals surface area contributed by atoms with Crippen molar-refractivity contribution >= 4 is 23.8 Å². The van der Waals surface area contributed by atoms with E-state index in [9.17, 15) is 14.7 Å². The maximum atomic E-state index is 13.1. The Balaban J connectivity index is 2.15. The van der Waals surface area contributed by atoms with Crippen LogP contribution in [0.5, 0.6) is 17.2 Å². The summed E-state index contributed by atoms with van der Waals surface area (Å²) in [4.78, 5) is 28.9. The maximum absolute atomic E-state index is 13.1. The van der Waals surface area contributed by atoms with Crippen LogP contribution in [-0.2, 0) is 6.42 Å². The third kappa shape index (κ3) is 4.37. The van der Waals surface area contributed by atoms with E-state index in [0.717, 1.165) is 12.0 Å². The molecule has 1 N–H and O–H groups in total. The number of benzene rings is 1. The van der Waals surface area contributed by atoms with E-state index >= 15 is 0 Å². The molecule has 8 nitrogen and oxygen atoms in total. The molecule has 0 spiro atoms. The molecule has 0 aliphatic rings. The summed E-state index contributed by atoms with van der Waals surface area (Å²) in [6.07, 6.45) is 6.10. The van der Waals surface area contributed by atoms with Gasteiger partial charge in [0, 0.05) is 23.4 Å². The number of methoxy groups -OCH3 is 3. The Hall–Kier alpha value is -3.81. The first kappa shape index (κ1) is 21.9. The smallest absolute Gasteiger partial charge is 0.337 e. The lowest BCUT2D eigenvalue weighted by Crippen LogP contribution is -2.22. The summed E-state index contributed by atoms with van der Waals surface area (Å²) in [5.74, 6) is 0.564. The number of rotatable bonds is 8. The summed E-state index contributed by atoms with van der Waals surface area (Å²) in [5, 5.41) is 9.22. The maximum Gasteiger partial charge on any atom is 0.337 e. The number of carbonyl (C=O) groups is 1. The molecule has 3 rings (SSSR count). The molecule has 0 aliphatic heterocycles. The number of hydrogen-bond donors (Lipinski definition) is 1. The highest BCUT2D eigenvalue weighted by Gasteiger charge is 2.14. The van der Waals surface area contributed by atoms with E-state index in [-0.39, 0.29) is 11.1 Å². The molecule has 0 saturated carbocycles. The number of ether oxygens (including phenoxy) is 3. The van der Waals surface area contributed by atoms with Crippen molar-refractivity contribution in [2.24, 2.45) is 0 Å². The number of aromatic carboxylic acids is 1. The fourth-order valence-electron chi connectivity index (χ4n) is 3.29. The summed E-state index contributed by atoms with van der Waals surface area (Å²) in [6, 6.07) is 6.45. The van der Waals surface area contributed by atoms with Gasteiger partial charge in [-0.25, -0.2) is 9.78 Å². The van der Waals surface area contributed by atoms with Gasteiger partial charge in [0.2, 0.25) is 0 Å². The number of carboxylic acid groups (broad SMARTS) is 1. The van der Waals surface area contributed by atoms with Gasteiger partial charge in [-0.15, -0.1) is 0 Å². The van der Waals surface area contributed by atoms with Gasteiger partial charge in [-0.3, -0.25) is 9.20 Å². The van der Waals surface area contributed by atoms with Crippen molar-refractivity contribution in [3.63, 3.8) is 0 Å². The Morgan fingerprint density at radius 1 is 1.06 bits per heavy atom. The number of carboxylic acids is 1. The van der Waals surface area contributed by atoms with E-state index in [2.05, 4.69) is 4.98 Å². The summed E-state index contributed by atoms with van der Waals surface area (Å²) in [7, 11) is 4.65. The highest BCUT2D eigenvalue weighted by Crippen LogP contribution is 2.35. The zero-order valence-electron chi connectivity index (χ0n) is 17.8. The average molecular weight is 424 g/mol. The normalized spacial score (nSPS) is 11.1. The second-order valence-corrected chi connectivity index (χ2v) is 6.76. The monoisotopic (exact) mass is 424 g/mol. The molecule has 0 fully saturated rings. The molecule has 0 amide bonds. The van der Waals surface area contributed by atoms with Gasteiger partial charge in [0.15, 0.2) is 11.5 Å². The van der Waals surface area contributed by atoms with E-state index in [1.807, 2.05) is 6.92 Å². The summed E-state index contributed by atoms with van der Waals surface area (Å²) < 4.78 is 17.4. The van der Waals surface area contributed by atoms with Gasteiger partial charge in [-0.1, -0.05) is 13.3 Å². The molecule has 0 bridgehead atoms. The van der Waals surface area contributed by atoms with Crippen LogP contribution in [-0.4, -0.2) is 41.8 Å². The van der Waals surface area contributed by atoms with Crippen LogP contribution in [0.2, 0.25) is 0 Å². The van der Waals surface area contributed by atoms with Crippen molar-refractivity contribution in [1.29, 1.82) is 0 Å². The summed E-state index contributed by atoms with van der Waals surface area (Å²) in [6.45, 7) is 1.97. The Morgan fingerprint density at radius 3 is 2.35 bits per heavy atom. The van der Waals surface area contributed by atoms with Crippen LogP contribution in [0.15, 0.2) is 35.3 Å². The van der Waals surface area contributed by atoms with Crippen molar-refractivity contribution in [3.8, 4) is 17.2 Å². The lowest BCUT2D eigenvalue weighted by molar-refractivity contribution is 0.0696. The minimum absolute atomic E-state index is 0.0252. The van der Waals surface area contributed by atoms with E-state index in [0.29, 0.717) is 40.6 Å². The van der Waals surface area contributed by atoms with Gasteiger partial charge in [0.05, 0.1) is 32.6 Å². The molecular weight excluding hydrogens is 400 g/mol.